The lowest BCUT2D eigenvalue weighted by molar-refractivity contribution is -0.384. The van der Waals surface area contributed by atoms with E-state index >= 15 is 0 Å². The fourth-order valence-electron chi connectivity index (χ4n) is 2.62. The molecule has 2 rings (SSSR count). The number of carbonyl (C=O) groups is 2. The summed E-state index contributed by atoms with van der Waals surface area (Å²) in [7, 11) is 0. The Morgan fingerprint density at radius 3 is 2.83 bits per heavy atom. The molecule has 0 spiro atoms. The van der Waals surface area contributed by atoms with Crippen LogP contribution in [0, 0.1) is 22.0 Å². The molecule has 0 amide bonds. The van der Waals surface area contributed by atoms with Gasteiger partial charge in [-0.15, -0.1) is 0 Å². The predicted molar refractivity (Wildman–Crippen MR) is 83.7 cm³/mol. The first kappa shape index (κ1) is 16.7. The lowest BCUT2D eigenvalue weighted by Crippen LogP contribution is -2.34. The molecule has 1 aliphatic carbocycles. The Morgan fingerprint density at radius 2 is 2.22 bits per heavy atom. The van der Waals surface area contributed by atoms with Gasteiger partial charge in [0, 0.05) is 29.6 Å². The van der Waals surface area contributed by atoms with Crippen molar-refractivity contribution in [3.63, 3.8) is 0 Å². The van der Waals surface area contributed by atoms with E-state index in [0.717, 1.165) is 0 Å². The van der Waals surface area contributed by atoms with E-state index < -0.39 is 16.8 Å². The van der Waals surface area contributed by atoms with Crippen molar-refractivity contribution in [2.75, 3.05) is 11.9 Å². The van der Waals surface area contributed by atoms with Crippen molar-refractivity contribution in [1.29, 1.82) is 0 Å². The maximum absolute atomic E-state index is 12.2. The first-order valence-electron chi connectivity index (χ1n) is 7.35. The Labute approximate surface area is 133 Å². The molecular weight excluding hydrogens is 300 g/mol. The van der Waals surface area contributed by atoms with E-state index in [0.29, 0.717) is 17.8 Å². The zero-order valence-corrected chi connectivity index (χ0v) is 12.9. The highest BCUT2D eigenvalue weighted by atomic mass is 16.6. The van der Waals surface area contributed by atoms with Crippen molar-refractivity contribution in [1.82, 2.24) is 0 Å². The standard InChI is InChI=1S/C16H18N2O5/c1-3-23-16(20)15-10(2)7-12(9-14(15)19)17-11-5-4-6-13(8-11)18(21)22/h4-6,8-10,15,17H,3,7H2,1-2H3/t10-,15+/m1/s1. The van der Waals surface area contributed by atoms with Gasteiger partial charge in [0.05, 0.1) is 11.5 Å². The first-order chi connectivity index (χ1) is 10.9. The van der Waals surface area contributed by atoms with Gasteiger partial charge in [-0.2, -0.15) is 0 Å². The number of non-ortho nitro benzene ring substituents is 1. The number of nitro benzene ring substituents is 1. The predicted octanol–water partition coefficient (Wildman–Crippen LogP) is 2.68. The maximum Gasteiger partial charge on any atom is 0.317 e. The number of anilines is 1. The number of hydrogen-bond donors (Lipinski definition) is 1. The van der Waals surface area contributed by atoms with E-state index in [4.69, 9.17) is 4.74 Å². The first-order valence-corrected chi connectivity index (χ1v) is 7.35. The molecule has 0 heterocycles. The van der Waals surface area contributed by atoms with E-state index in [-0.39, 0.29) is 24.0 Å². The van der Waals surface area contributed by atoms with Crippen LogP contribution < -0.4 is 5.32 Å². The van der Waals surface area contributed by atoms with Crippen molar-refractivity contribution in [2.24, 2.45) is 11.8 Å². The van der Waals surface area contributed by atoms with Crippen molar-refractivity contribution < 1.29 is 19.2 Å². The molecule has 0 unspecified atom stereocenters. The number of ketones is 1. The molecule has 1 aromatic carbocycles. The molecule has 0 aliphatic heterocycles. The summed E-state index contributed by atoms with van der Waals surface area (Å²) in [5, 5.41) is 13.8. The van der Waals surface area contributed by atoms with Crippen LogP contribution in [0.4, 0.5) is 11.4 Å². The molecule has 1 aliphatic rings. The second-order valence-electron chi connectivity index (χ2n) is 5.42. The van der Waals surface area contributed by atoms with Crippen LogP contribution in [-0.2, 0) is 14.3 Å². The smallest absolute Gasteiger partial charge is 0.317 e. The van der Waals surface area contributed by atoms with Crippen molar-refractivity contribution in [3.8, 4) is 0 Å². The largest absolute Gasteiger partial charge is 0.465 e. The van der Waals surface area contributed by atoms with Gasteiger partial charge in [-0.3, -0.25) is 19.7 Å². The highest BCUT2D eigenvalue weighted by Crippen LogP contribution is 2.29. The van der Waals surface area contributed by atoms with Gasteiger partial charge in [0.2, 0.25) is 0 Å². The molecular formula is C16H18N2O5. The van der Waals surface area contributed by atoms with Gasteiger partial charge >= 0.3 is 5.97 Å². The molecule has 2 atom stereocenters. The number of ether oxygens (including phenoxy) is 1. The zero-order valence-electron chi connectivity index (χ0n) is 12.9. The Balaban J connectivity index is 2.15. The summed E-state index contributed by atoms with van der Waals surface area (Å²) in [6.45, 7) is 3.74. The fourth-order valence-corrected chi connectivity index (χ4v) is 2.62. The van der Waals surface area contributed by atoms with Gasteiger partial charge in [-0.25, -0.2) is 0 Å². The number of nitro groups is 1. The minimum absolute atomic E-state index is 0.0322. The van der Waals surface area contributed by atoms with E-state index in [1.807, 2.05) is 6.92 Å². The normalized spacial score (nSPS) is 20.6. The summed E-state index contributed by atoms with van der Waals surface area (Å²) >= 11 is 0. The number of carbonyl (C=O) groups excluding carboxylic acids is 2. The number of esters is 1. The molecule has 0 fully saturated rings. The minimum Gasteiger partial charge on any atom is -0.465 e. The molecule has 23 heavy (non-hydrogen) atoms. The third kappa shape index (κ3) is 3.94. The Kier molecular flexibility index (Phi) is 5.10. The van der Waals surface area contributed by atoms with E-state index in [9.17, 15) is 19.7 Å². The van der Waals surface area contributed by atoms with Crippen molar-refractivity contribution >= 4 is 23.1 Å². The van der Waals surface area contributed by atoms with Crippen LogP contribution in [0.15, 0.2) is 36.0 Å². The fraction of sp³-hybridized carbons (Fsp3) is 0.375. The quantitative estimate of drug-likeness (QED) is 0.388. The monoisotopic (exact) mass is 318 g/mol. The Hall–Kier alpha value is -2.70. The molecule has 7 nitrogen and oxygen atoms in total. The summed E-state index contributed by atoms with van der Waals surface area (Å²) in [4.78, 5) is 34.3. The topological polar surface area (TPSA) is 98.5 Å². The van der Waals surface area contributed by atoms with Crippen LogP contribution in [0.3, 0.4) is 0 Å². The van der Waals surface area contributed by atoms with E-state index in [1.165, 1.54) is 18.2 Å². The second-order valence-corrected chi connectivity index (χ2v) is 5.42. The summed E-state index contributed by atoms with van der Waals surface area (Å²) < 4.78 is 4.93. The number of nitrogens with one attached hydrogen (secondary N) is 1. The minimum atomic E-state index is -0.786. The summed E-state index contributed by atoms with van der Waals surface area (Å²) in [6.07, 6.45) is 1.86. The SMILES string of the molecule is CCOC(=O)[C@@H]1C(=O)C=C(Nc2cccc([N+](=O)[O-])c2)C[C@H]1C. The third-order valence-corrected chi connectivity index (χ3v) is 3.64. The third-order valence-electron chi connectivity index (χ3n) is 3.64. The lowest BCUT2D eigenvalue weighted by atomic mass is 9.82. The van der Waals surface area contributed by atoms with Gasteiger partial charge in [0.1, 0.15) is 5.92 Å². The zero-order chi connectivity index (χ0) is 17.0. The molecule has 1 N–H and O–H groups in total. The molecule has 1 aromatic rings. The van der Waals surface area contributed by atoms with Gasteiger partial charge in [0.25, 0.3) is 5.69 Å². The highest BCUT2D eigenvalue weighted by Gasteiger charge is 2.36. The van der Waals surface area contributed by atoms with E-state index in [1.54, 1.807) is 19.1 Å². The summed E-state index contributed by atoms with van der Waals surface area (Å²) in [5.74, 6) is -1.80. The number of allylic oxidation sites excluding steroid dienone is 2. The van der Waals surface area contributed by atoms with Crippen LogP contribution in [0.1, 0.15) is 20.3 Å². The highest BCUT2D eigenvalue weighted by molar-refractivity contribution is 6.06. The van der Waals surface area contributed by atoms with Crippen LogP contribution in [0.5, 0.6) is 0 Å². The van der Waals surface area contributed by atoms with Gasteiger partial charge in [-0.1, -0.05) is 13.0 Å². The number of benzene rings is 1. The molecule has 0 radical (unpaired) electrons. The molecule has 122 valence electrons. The summed E-state index contributed by atoms with van der Waals surface area (Å²) in [6, 6.07) is 6.04. The Bertz CT molecular complexity index is 668. The van der Waals surface area contributed by atoms with Crippen LogP contribution >= 0.6 is 0 Å². The van der Waals surface area contributed by atoms with Crippen molar-refractivity contribution in [2.45, 2.75) is 20.3 Å². The number of nitrogens with zero attached hydrogens (tertiary/aromatic N) is 1. The van der Waals surface area contributed by atoms with E-state index in [2.05, 4.69) is 5.32 Å². The maximum atomic E-state index is 12.2. The number of rotatable bonds is 5. The number of hydrogen-bond acceptors (Lipinski definition) is 6. The molecule has 0 saturated heterocycles. The Morgan fingerprint density at radius 1 is 1.48 bits per heavy atom. The lowest BCUT2D eigenvalue weighted by Gasteiger charge is -2.26. The molecule has 0 bridgehead atoms. The molecule has 0 aromatic heterocycles. The average molecular weight is 318 g/mol. The average Bonchev–Trinajstić information content (AvgIpc) is 2.47. The van der Waals surface area contributed by atoms with Gasteiger partial charge in [-0.05, 0) is 25.3 Å². The second kappa shape index (κ2) is 7.04. The van der Waals surface area contributed by atoms with Crippen LogP contribution in [0.25, 0.3) is 0 Å². The molecule has 0 saturated carbocycles. The van der Waals surface area contributed by atoms with Gasteiger partial charge in [0.15, 0.2) is 5.78 Å². The van der Waals surface area contributed by atoms with Gasteiger partial charge < -0.3 is 10.1 Å². The van der Waals surface area contributed by atoms with Crippen LogP contribution in [0.2, 0.25) is 0 Å². The van der Waals surface area contributed by atoms with Crippen LogP contribution in [-0.4, -0.2) is 23.3 Å². The summed E-state index contributed by atoms with van der Waals surface area (Å²) in [5.41, 5.74) is 1.12. The molecule has 7 heteroatoms. The van der Waals surface area contributed by atoms with Crippen molar-refractivity contribution in [3.05, 3.63) is 46.2 Å².